The van der Waals surface area contributed by atoms with Crippen molar-refractivity contribution in [3.05, 3.63) is 76.1 Å². The molecular weight excluding hydrogens is 534 g/mol. The number of benzene rings is 2. The van der Waals surface area contributed by atoms with Gasteiger partial charge in [0.25, 0.3) is 10.0 Å². The zero-order valence-corrected chi connectivity index (χ0v) is 23.0. The minimum absolute atomic E-state index is 0.00725. The van der Waals surface area contributed by atoms with Crippen LogP contribution in [0.3, 0.4) is 0 Å². The van der Waals surface area contributed by atoms with Gasteiger partial charge in [-0.15, -0.1) is 11.3 Å². The van der Waals surface area contributed by atoms with Crippen molar-refractivity contribution in [1.82, 2.24) is 9.29 Å². The number of rotatable bonds is 7. The van der Waals surface area contributed by atoms with Gasteiger partial charge in [0.2, 0.25) is 5.91 Å². The molecule has 36 heavy (non-hydrogen) atoms. The molecule has 0 bridgehead atoms. The Kier molecular flexibility index (Phi) is 7.46. The molecule has 0 N–H and O–H groups in total. The number of hydrogen-bond donors (Lipinski definition) is 0. The number of carbonyl (C=O) groups excluding carboxylic acids is 1. The highest BCUT2D eigenvalue weighted by molar-refractivity contribution is 7.91. The fourth-order valence-electron chi connectivity index (χ4n) is 4.53. The molecule has 6 nitrogen and oxygen atoms in total. The molecule has 1 amide bonds. The largest absolute Gasteiger partial charge is 0.283 e. The first-order chi connectivity index (χ1) is 17.4. The molecule has 0 aliphatic carbocycles. The molecule has 0 atom stereocenters. The second-order valence-electron chi connectivity index (χ2n) is 8.76. The van der Waals surface area contributed by atoms with Crippen LogP contribution in [-0.2, 0) is 27.8 Å². The van der Waals surface area contributed by atoms with Gasteiger partial charge in [0, 0.05) is 19.0 Å². The summed E-state index contributed by atoms with van der Waals surface area (Å²) in [6.45, 7) is 3.13. The van der Waals surface area contributed by atoms with Crippen LogP contribution >= 0.6 is 34.3 Å². The monoisotopic (exact) mass is 559 g/mol. The fourth-order valence-corrected chi connectivity index (χ4v) is 8.65. The summed E-state index contributed by atoms with van der Waals surface area (Å²) in [5, 5.41) is 0.683. The number of amides is 1. The first-order valence-corrected chi connectivity index (χ1v) is 15.3. The number of fused-ring (bicyclic) bond motifs is 1. The van der Waals surface area contributed by atoms with Gasteiger partial charge < -0.3 is 0 Å². The first-order valence-electron chi connectivity index (χ1n) is 11.9. The van der Waals surface area contributed by atoms with Crippen LogP contribution in [0, 0.1) is 5.92 Å². The van der Waals surface area contributed by atoms with Crippen LogP contribution < -0.4 is 4.90 Å². The lowest BCUT2D eigenvalue weighted by molar-refractivity contribution is -0.123. The third-order valence-electron chi connectivity index (χ3n) is 6.50. The summed E-state index contributed by atoms with van der Waals surface area (Å²) < 4.78 is 29.2. The number of carbonyl (C=O) groups is 1. The number of nitrogens with zero attached hydrogens (tertiary/aromatic N) is 3. The van der Waals surface area contributed by atoms with Crippen LogP contribution in [0.5, 0.6) is 0 Å². The first kappa shape index (κ1) is 25.4. The maximum absolute atomic E-state index is 13.9. The summed E-state index contributed by atoms with van der Waals surface area (Å²) in [5.74, 6) is -0.281. The van der Waals surface area contributed by atoms with Gasteiger partial charge in [-0.1, -0.05) is 72.3 Å². The molecule has 1 aliphatic heterocycles. The standard InChI is InChI=1S/C26H26ClN3O3S3/c1-2-19-9-6-10-21-24(19)28-26(34-21)30(17-18-7-4-3-5-8-18)25(31)20-13-15-29(16-14-20)36(32,33)23-12-11-22(27)35-23/h3-12,20H,2,13-17H2,1H3. The van der Waals surface area contributed by atoms with Gasteiger partial charge in [-0.3, -0.25) is 9.69 Å². The molecular formula is C26H26ClN3O3S3. The molecule has 1 aliphatic rings. The number of hydrogen-bond acceptors (Lipinski definition) is 6. The minimum atomic E-state index is -3.60. The normalized spacial score (nSPS) is 15.4. The van der Waals surface area contributed by atoms with Gasteiger partial charge >= 0.3 is 0 Å². The van der Waals surface area contributed by atoms with Crippen molar-refractivity contribution in [1.29, 1.82) is 0 Å². The van der Waals surface area contributed by atoms with Gasteiger partial charge in [-0.05, 0) is 48.6 Å². The van der Waals surface area contributed by atoms with Crippen LogP contribution in [0.4, 0.5) is 5.13 Å². The van der Waals surface area contributed by atoms with Crippen molar-refractivity contribution in [2.45, 2.75) is 36.9 Å². The van der Waals surface area contributed by atoms with Crippen molar-refractivity contribution >= 4 is 65.6 Å². The van der Waals surface area contributed by atoms with Gasteiger partial charge in [0.1, 0.15) is 4.21 Å². The number of sulfonamides is 1. The summed E-state index contributed by atoms with van der Waals surface area (Å²) in [6, 6.07) is 19.2. The van der Waals surface area contributed by atoms with Crippen LogP contribution in [0.15, 0.2) is 64.9 Å². The molecule has 5 rings (SSSR count). The van der Waals surface area contributed by atoms with E-state index >= 15 is 0 Å². The highest BCUT2D eigenvalue weighted by Gasteiger charge is 2.35. The van der Waals surface area contributed by atoms with Gasteiger partial charge in [-0.2, -0.15) is 4.31 Å². The number of thiazole rings is 1. The number of anilines is 1. The van der Waals surface area contributed by atoms with E-state index in [2.05, 4.69) is 13.0 Å². The van der Waals surface area contributed by atoms with E-state index in [0.717, 1.165) is 39.1 Å². The predicted molar refractivity (Wildman–Crippen MR) is 147 cm³/mol. The molecule has 1 saturated heterocycles. The number of aromatic nitrogens is 1. The molecule has 0 unspecified atom stereocenters. The van der Waals surface area contributed by atoms with E-state index < -0.39 is 10.0 Å². The van der Waals surface area contributed by atoms with Crippen LogP contribution in [-0.4, -0.2) is 36.7 Å². The van der Waals surface area contributed by atoms with Crippen molar-refractivity contribution in [3.63, 3.8) is 0 Å². The Morgan fingerprint density at radius 3 is 2.47 bits per heavy atom. The van der Waals surface area contributed by atoms with Crippen molar-refractivity contribution in [2.24, 2.45) is 5.92 Å². The summed E-state index contributed by atoms with van der Waals surface area (Å²) in [7, 11) is -3.60. The van der Waals surface area contributed by atoms with E-state index in [1.165, 1.54) is 15.6 Å². The highest BCUT2D eigenvalue weighted by atomic mass is 35.5. The summed E-state index contributed by atoms with van der Waals surface area (Å²) >= 11 is 8.54. The highest BCUT2D eigenvalue weighted by Crippen LogP contribution is 2.35. The average molecular weight is 560 g/mol. The molecule has 0 radical (unpaired) electrons. The Balaban J connectivity index is 1.39. The van der Waals surface area contributed by atoms with Gasteiger partial charge in [-0.25, -0.2) is 13.4 Å². The molecule has 4 aromatic rings. The van der Waals surface area contributed by atoms with Crippen LogP contribution in [0.2, 0.25) is 4.34 Å². The maximum Gasteiger partial charge on any atom is 0.252 e. The van der Waals surface area contributed by atoms with Crippen molar-refractivity contribution < 1.29 is 13.2 Å². The third kappa shape index (κ3) is 5.08. The van der Waals surface area contributed by atoms with E-state index in [-0.39, 0.29) is 16.0 Å². The summed E-state index contributed by atoms with van der Waals surface area (Å²) in [4.78, 5) is 20.6. The van der Waals surface area contributed by atoms with Crippen LogP contribution in [0.1, 0.15) is 30.9 Å². The molecule has 2 aromatic heterocycles. The third-order valence-corrected chi connectivity index (χ3v) is 11.1. The molecule has 0 spiro atoms. The Labute approximate surface area is 224 Å². The minimum Gasteiger partial charge on any atom is -0.283 e. The van der Waals surface area contributed by atoms with Crippen LogP contribution in [0.25, 0.3) is 10.2 Å². The van der Waals surface area contributed by atoms with E-state index in [0.29, 0.717) is 41.9 Å². The smallest absolute Gasteiger partial charge is 0.252 e. The van der Waals surface area contributed by atoms with Gasteiger partial charge in [0.05, 0.1) is 21.1 Å². The second-order valence-corrected chi connectivity index (χ2v) is 13.6. The second kappa shape index (κ2) is 10.6. The summed E-state index contributed by atoms with van der Waals surface area (Å²) in [6.07, 6.45) is 1.80. The Hall–Kier alpha value is -2.30. The quantitative estimate of drug-likeness (QED) is 0.270. The zero-order chi connectivity index (χ0) is 25.3. The topological polar surface area (TPSA) is 70.6 Å². The number of para-hydroxylation sites is 1. The lowest BCUT2D eigenvalue weighted by Crippen LogP contribution is -2.44. The Bertz CT molecular complexity index is 1480. The van der Waals surface area contributed by atoms with E-state index in [4.69, 9.17) is 16.6 Å². The molecule has 0 saturated carbocycles. The molecule has 2 aromatic carbocycles. The molecule has 3 heterocycles. The van der Waals surface area contributed by atoms with E-state index in [1.54, 1.807) is 17.0 Å². The molecule has 188 valence electrons. The van der Waals surface area contributed by atoms with E-state index in [9.17, 15) is 13.2 Å². The number of thiophene rings is 1. The number of aryl methyl sites for hydroxylation is 1. The Morgan fingerprint density at radius 2 is 1.81 bits per heavy atom. The fraction of sp³-hybridized carbons (Fsp3) is 0.308. The van der Waals surface area contributed by atoms with Crippen molar-refractivity contribution in [3.8, 4) is 0 Å². The number of piperidine rings is 1. The predicted octanol–water partition coefficient (Wildman–Crippen LogP) is 6.21. The Morgan fingerprint density at radius 1 is 1.06 bits per heavy atom. The number of halogens is 1. The van der Waals surface area contributed by atoms with E-state index in [1.807, 2.05) is 42.5 Å². The SMILES string of the molecule is CCc1cccc2sc(N(Cc3ccccc3)C(=O)C3CCN(S(=O)(=O)c4ccc(Cl)s4)CC3)nc12. The lowest BCUT2D eigenvalue weighted by atomic mass is 9.96. The van der Waals surface area contributed by atoms with Gasteiger partial charge in [0.15, 0.2) is 5.13 Å². The van der Waals surface area contributed by atoms with Crippen molar-refractivity contribution in [2.75, 3.05) is 18.0 Å². The molecule has 1 fully saturated rings. The summed E-state index contributed by atoms with van der Waals surface area (Å²) in [5.41, 5.74) is 3.13. The molecule has 10 heteroatoms. The maximum atomic E-state index is 13.9. The average Bonchev–Trinajstić information content (AvgIpc) is 3.54. The lowest BCUT2D eigenvalue weighted by Gasteiger charge is -2.32. The zero-order valence-electron chi connectivity index (χ0n) is 19.8.